The molecule has 0 aliphatic heterocycles. The third-order valence-corrected chi connectivity index (χ3v) is 1.64. The summed E-state index contributed by atoms with van der Waals surface area (Å²) in [5.41, 5.74) is 1.11. The molecule has 0 amide bonds. The van der Waals surface area contributed by atoms with Crippen LogP contribution in [0.15, 0.2) is 18.2 Å². The first kappa shape index (κ1) is 8.71. The highest BCUT2D eigenvalue weighted by Gasteiger charge is 2.08. The second-order valence-corrected chi connectivity index (χ2v) is 2.60. The molecule has 0 bridgehead atoms. The first-order valence-corrected chi connectivity index (χ1v) is 3.54. The van der Waals surface area contributed by atoms with Crippen molar-refractivity contribution in [3.63, 3.8) is 0 Å². The van der Waals surface area contributed by atoms with E-state index in [2.05, 4.69) is 0 Å². The molecule has 0 spiro atoms. The fraction of sp³-hybridized carbons (Fsp3) is 0.222. The lowest BCUT2D eigenvalue weighted by atomic mass is 10.1. The molecule has 12 heavy (non-hydrogen) atoms. The molecule has 0 radical (unpaired) electrons. The number of carboxylic acid groups (broad SMARTS) is 1. The lowest BCUT2D eigenvalue weighted by Crippen LogP contribution is -2.01. The van der Waals surface area contributed by atoms with Crippen molar-refractivity contribution in [2.24, 2.45) is 0 Å². The van der Waals surface area contributed by atoms with Gasteiger partial charge in [-0.3, -0.25) is 0 Å². The van der Waals surface area contributed by atoms with Crippen molar-refractivity contribution in [3.8, 4) is 0 Å². The zero-order valence-electron chi connectivity index (χ0n) is 6.67. The zero-order valence-corrected chi connectivity index (χ0v) is 6.67. The van der Waals surface area contributed by atoms with E-state index in [4.69, 9.17) is 5.11 Å². The maximum Gasteiger partial charge on any atom is 0.336 e. The number of hydrogen-bond donors (Lipinski definition) is 1. The standard InChI is InChI=1S/C9H9FO2/c1-6-2-3-7(5-10)8(4-6)9(11)12/h2-4H,5H2,1H3,(H,11,12). The van der Waals surface area contributed by atoms with E-state index in [0.717, 1.165) is 5.56 Å². The molecule has 3 heteroatoms. The van der Waals surface area contributed by atoms with E-state index >= 15 is 0 Å². The molecule has 0 aliphatic rings. The largest absolute Gasteiger partial charge is 0.478 e. The van der Waals surface area contributed by atoms with Crippen LogP contribution in [-0.2, 0) is 6.67 Å². The summed E-state index contributed by atoms with van der Waals surface area (Å²) in [5.74, 6) is -1.08. The molecular weight excluding hydrogens is 159 g/mol. The summed E-state index contributed by atoms with van der Waals surface area (Å²) in [6, 6.07) is 4.66. The van der Waals surface area contributed by atoms with E-state index in [0.29, 0.717) is 0 Å². The van der Waals surface area contributed by atoms with Gasteiger partial charge in [0.25, 0.3) is 0 Å². The summed E-state index contributed by atoms with van der Waals surface area (Å²) < 4.78 is 12.2. The van der Waals surface area contributed by atoms with E-state index < -0.39 is 12.6 Å². The van der Waals surface area contributed by atoms with E-state index in [1.165, 1.54) is 12.1 Å². The quantitative estimate of drug-likeness (QED) is 0.734. The molecule has 1 N–H and O–H groups in total. The van der Waals surface area contributed by atoms with Crippen LogP contribution in [0.1, 0.15) is 21.5 Å². The van der Waals surface area contributed by atoms with Gasteiger partial charge in [0.15, 0.2) is 0 Å². The molecule has 0 unspecified atom stereocenters. The predicted octanol–water partition coefficient (Wildman–Crippen LogP) is 2.16. The van der Waals surface area contributed by atoms with Crippen LogP contribution in [0.3, 0.4) is 0 Å². The fourth-order valence-corrected chi connectivity index (χ4v) is 1.01. The molecule has 0 fully saturated rings. The van der Waals surface area contributed by atoms with Crippen LogP contribution in [0.5, 0.6) is 0 Å². The Morgan fingerprint density at radius 1 is 1.58 bits per heavy atom. The Bertz CT molecular complexity index is 307. The van der Waals surface area contributed by atoms with Gasteiger partial charge in [-0.25, -0.2) is 9.18 Å². The minimum absolute atomic E-state index is 0.0532. The van der Waals surface area contributed by atoms with Crippen molar-refractivity contribution < 1.29 is 14.3 Å². The van der Waals surface area contributed by atoms with Crippen LogP contribution in [-0.4, -0.2) is 11.1 Å². The number of benzene rings is 1. The SMILES string of the molecule is Cc1ccc(CF)c(C(=O)O)c1. The lowest BCUT2D eigenvalue weighted by molar-refractivity contribution is 0.0694. The van der Waals surface area contributed by atoms with Crippen LogP contribution in [0.25, 0.3) is 0 Å². The van der Waals surface area contributed by atoms with E-state index in [1.54, 1.807) is 13.0 Å². The molecule has 1 aromatic rings. The monoisotopic (exact) mass is 168 g/mol. The molecule has 0 aliphatic carbocycles. The van der Waals surface area contributed by atoms with Crippen LogP contribution in [0, 0.1) is 6.92 Å². The second kappa shape index (κ2) is 3.34. The third-order valence-electron chi connectivity index (χ3n) is 1.64. The summed E-state index contributed by atoms with van der Waals surface area (Å²) in [4.78, 5) is 10.6. The number of hydrogen-bond acceptors (Lipinski definition) is 1. The Balaban J connectivity index is 3.21. The Hall–Kier alpha value is -1.38. The maximum absolute atomic E-state index is 12.2. The second-order valence-electron chi connectivity index (χ2n) is 2.60. The van der Waals surface area contributed by atoms with Crippen molar-refractivity contribution >= 4 is 5.97 Å². The Morgan fingerprint density at radius 2 is 2.25 bits per heavy atom. The van der Waals surface area contributed by atoms with Crippen LogP contribution in [0.2, 0.25) is 0 Å². The molecule has 0 saturated heterocycles. The summed E-state index contributed by atoms with van der Waals surface area (Å²) in [6.45, 7) is 1.04. The molecular formula is C9H9FO2. The van der Waals surface area contributed by atoms with Gasteiger partial charge in [0.2, 0.25) is 0 Å². The Labute approximate surface area is 69.6 Å². The van der Waals surface area contributed by atoms with Gasteiger partial charge in [0, 0.05) is 0 Å². The lowest BCUT2D eigenvalue weighted by Gasteiger charge is -2.01. The van der Waals surface area contributed by atoms with Crippen LogP contribution < -0.4 is 0 Å². The van der Waals surface area contributed by atoms with Crippen molar-refractivity contribution in [2.45, 2.75) is 13.6 Å². The number of aromatic carboxylic acids is 1. The molecule has 1 aromatic carbocycles. The van der Waals surface area contributed by atoms with Gasteiger partial charge in [-0.15, -0.1) is 0 Å². The number of carbonyl (C=O) groups is 1. The topological polar surface area (TPSA) is 37.3 Å². The minimum Gasteiger partial charge on any atom is -0.478 e. The average Bonchev–Trinajstić information content (AvgIpc) is 2.04. The predicted molar refractivity (Wildman–Crippen MR) is 43.0 cm³/mol. The van der Waals surface area contributed by atoms with E-state index in [1.807, 2.05) is 0 Å². The summed E-state index contributed by atoms with van der Waals surface area (Å²) in [5, 5.41) is 8.65. The van der Waals surface area contributed by atoms with Crippen molar-refractivity contribution in [2.75, 3.05) is 0 Å². The maximum atomic E-state index is 12.2. The molecule has 0 aromatic heterocycles. The number of rotatable bonds is 2. The first-order chi connectivity index (χ1) is 5.65. The Kier molecular flexibility index (Phi) is 2.43. The summed E-state index contributed by atoms with van der Waals surface area (Å²) >= 11 is 0. The molecule has 0 heterocycles. The van der Waals surface area contributed by atoms with Gasteiger partial charge in [-0.2, -0.15) is 0 Å². The third kappa shape index (κ3) is 1.61. The van der Waals surface area contributed by atoms with E-state index in [-0.39, 0.29) is 11.1 Å². The van der Waals surface area contributed by atoms with Gasteiger partial charge in [-0.05, 0) is 18.6 Å². The van der Waals surface area contributed by atoms with Crippen LogP contribution in [0.4, 0.5) is 4.39 Å². The summed E-state index contributed by atoms with van der Waals surface area (Å²) in [6.07, 6.45) is 0. The van der Waals surface area contributed by atoms with Gasteiger partial charge >= 0.3 is 5.97 Å². The Morgan fingerprint density at radius 3 is 2.75 bits per heavy atom. The normalized spacial score (nSPS) is 9.83. The van der Waals surface area contributed by atoms with Crippen molar-refractivity contribution in [3.05, 3.63) is 34.9 Å². The molecule has 1 rings (SSSR count). The highest BCUT2D eigenvalue weighted by Crippen LogP contribution is 2.12. The number of alkyl halides is 1. The smallest absolute Gasteiger partial charge is 0.336 e. The first-order valence-electron chi connectivity index (χ1n) is 3.54. The highest BCUT2D eigenvalue weighted by molar-refractivity contribution is 5.89. The van der Waals surface area contributed by atoms with Gasteiger partial charge < -0.3 is 5.11 Å². The summed E-state index contributed by atoms with van der Waals surface area (Å²) in [7, 11) is 0. The fourth-order valence-electron chi connectivity index (χ4n) is 1.01. The zero-order chi connectivity index (χ0) is 9.14. The number of aryl methyl sites for hydroxylation is 1. The van der Waals surface area contributed by atoms with Gasteiger partial charge in [0.05, 0.1) is 5.56 Å². The van der Waals surface area contributed by atoms with Crippen molar-refractivity contribution in [1.29, 1.82) is 0 Å². The highest BCUT2D eigenvalue weighted by atomic mass is 19.1. The average molecular weight is 168 g/mol. The molecule has 64 valence electrons. The van der Waals surface area contributed by atoms with E-state index in [9.17, 15) is 9.18 Å². The number of carboxylic acids is 1. The van der Waals surface area contributed by atoms with Gasteiger partial charge in [-0.1, -0.05) is 17.7 Å². The van der Waals surface area contributed by atoms with Crippen LogP contribution >= 0.6 is 0 Å². The molecule has 0 saturated carbocycles. The van der Waals surface area contributed by atoms with Crippen molar-refractivity contribution in [1.82, 2.24) is 0 Å². The molecule has 0 atom stereocenters. The van der Waals surface area contributed by atoms with Gasteiger partial charge in [0.1, 0.15) is 6.67 Å². The molecule has 2 nitrogen and oxygen atoms in total. The minimum atomic E-state index is -1.08. The number of halogens is 1.